The number of nitrogens with one attached hydrogen (secondary N) is 2. The molecule has 122 valence electrons. The van der Waals surface area contributed by atoms with E-state index in [1.54, 1.807) is 14.2 Å². The van der Waals surface area contributed by atoms with Gasteiger partial charge in [0.05, 0.1) is 25.2 Å². The second-order valence-corrected chi connectivity index (χ2v) is 5.90. The third kappa shape index (κ3) is 3.59. The fourth-order valence-electron chi connectivity index (χ4n) is 3.07. The summed E-state index contributed by atoms with van der Waals surface area (Å²) in [5.74, 6) is 0.857. The predicted molar refractivity (Wildman–Crippen MR) is 86.0 cm³/mol. The van der Waals surface area contributed by atoms with E-state index in [0.29, 0.717) is 6.61 Å². The Morgan fingerprint density at radius 3 is 2.64 bits per heavy atom. The normalized spacial score (nSPS) is 18.5. The average Bonchev–Trinajstić information content (AvgIpc) is 2.55. The Bertz CT molecular complexity index is 493. The Labute approximate surface area is 132 Å². The molecule has 1 saturated heterocycles. The lowest BCUT2D eigenvalue weighted by molar-refractivity contribution is -0.136. The zero-order chi connectivity index (χ0) is 16.0. The van der Waals surface area contributed by atoms with Crippen LogP contribution < -0.4 is 15.4 Å². The van der Waals surface area contributed by atoms with Gasteiger partial charge in [0.1, 0.15) is 5.75 Å². The highest BCUT2D eigenvalue weighted by molar-refractivity contribution is 5.83. The standard InChI is InChI=1S/C17H26N2O3/c1-13(14-6-4-5-7-15(14)22-3)19-16(20)17(12-21-2)8-10-18-11-9-17/h4-7,13,18H,8-12H2,1-3H3,(H,19,20). The van der Waals surface area contributed by atoms with Crippen molar-refractivity contribution in [1.82, 2.24) is 10.6 Å². The first-order valence-corrected chi connectivity index (χ1v) is 7.76. The molecule has 2 rings (SSSR count). The highest BCUT2D eigenvalue weighted by Crippen LogP contribution is 2.31. The van der Waals surface area contributed by atoms with Gasteiger partial charge in [0, 0.05) is 12.7 Å². The van der Waals surface area contributed by atoms with Crippen LogP contribution in [0.4, 0.5) is 0 Å². The molecule has 2 N–H and O–H groups in total. The maximum atomic E-state index is 12.8. The first-order valence-electron chi connectivity index (χ1n) is 7.76. The van der Waals surface area contributed by atoms with E-state index in [9.17, 15) is 4.79 Å². The van der Waals surface area contributed by atoms with Gasteiger partial charge in [-0.15, -0.1) is 0 Å². The van der Waals surface area contributed by atoms with Crippen molar-refractivity contribution in [3.63, 3.8) is 0 Å². The molecule has 5 heteroatoms. The molecular weight excluding hydrogens is 280 g/mol. The molecule has 1 aromatic carbocycles. The van der Waals surface area contributed by atoms with Crippen molar-refractivity contribution in [2.75, 3.05) is 33.9 Å². The summed E-state index contributed by atoms with van der Waals surface area (Å²) in [5.41, 5.74) is 0.552. The first-order chi connectivity index (χ1) is 10.6. The van der Waals surface area contributed by atoms with Crippen LogP contribution in [0.2, 0.25) is 0 Å². The average molecular weight is 306 g/mol. The second-order valence-electron chi connectivity index (χ2n) is 5.90. The van der Waals surface area contributed by atoms with Gasteiger partial charge in [-0.05, 0) is 38.9 Å². The van der Waals surface area contributed by atoms with Crippen molar-refractivity contribution in [3.05, 3.63) is 29.8 Å². The van der Waals surface area contributed by atoms with Crippen molar-refractivity contribution in [3.8, 4) is 5.75 Å². The van der Waals surface area contributed by atoms with Crippen LogP contribution in [0.3, 0.4) is 0 Å². The van der Waals surface area contributed by atoms with Crippen molar-refractivity contribution < 1.29 is 14.3 Å². The summed E-state index contributed by atoms with van der Waals surface area (Å²) in [5, 5.41) is 6.44. The van der Waals surface area contributed by atoms with Gasteiger partial charge in [0.15, 0.2) is 0 Å². The molecule has 0 spiro atoms. The minimum Gasteiger partial charge on any atom is -0.496 e. The number of para-hydroxylation sites is 1. The number of ether oxygens (including phenoxy) is 2. The van der Waals surface area contributed by atoms with Crippen LogP contribution in [-0.2, 0) is 9.53 Å². The summed E-state index contributed by atoms with van der Waals surface area (Å²) in [7, 11) is 3.30. The van der Waals surface area contributed by atoms with Crippen LogP contribution in [0.1, 0.15) is 31.4 Å². The number of carbonyl (C=O) groups is 1. The second kappa shape index (κ2) is 7.61. The summed E-state index contributed by atoms with van der Waals surface area (Å²) in [6.07, 6.45) is 1.59. The molecular formula is C17H26N2O3. The lowest BCUT2D eigenvalue weighted by Gasteiger charge is -2.36. The van der Waals surface area contributed by atoms with Gasteiger partial charge in [-0.3, -0.25) is 4.79 Å². The van der Waals surface area contributed by atoms with E-state index in [4.69, 9.17) is 9.47 Å². The fourth-order valence-corrected chi connectivity index (χ4v) is 3.07. The molecule has 5 nitrogen and oxygen atoms in total. The summed E-state index contributed by atoms with van der Waals surface area (Å²) in [4.78, 5) is 12.8. The highest BCUT2D eigenvalue weighted by atomic mass is 16.5. The maximum Gasteiger partial charge on any atom is 0.229 e. The molecule has 1 aliphatic heterocycles. The summed E-state index contributed by atoms with van der Waals surface area (Å²) in [6.45, 7) is 4.14. The van der Waals surface area contributed by atoms with E-state index in [0.717, 1.165) is 37.2 Å². The third-order valence-electron chi connectivity index (χ3n) is 4.42. The fraction of sp³-hybridized carbons (Fsp3) is 0.588. The SMILES string of the molecule is COCC1(C(=O)NC(C)c2ccccc2OC)CCNCC1. The quantitative estimate of drug-likeness (QED) is 0.842. The van der Waals surface area contributed by atoms with Gasteiger partial charge in [-0.2, -0.15) is 0 Å². The van der Waals surface area contributed by atoms with Crippen molar-refractivity contribution in [2.45, 2.75) is 25.8 Å². The van der Waals surface area contributed by atoms with Crippen molar-refractivity contribution >= 4 is 5.91 Å². The van der Waals surface area contributed by atoms with Crippen LogP contribution in [0.25, 0.3) is 0 Å². The van der Waals surface area contributed by atoms with Crippen LogP contribution in [-0.4, -0.2) is 39.8 Å². The first kappa shape index (κ1) is 16.8. The zero-order valence-electron chi connectivity index (χ0n) is 13.6. The molecule has 0 aromatic heterocycles. The number of carbonyl (C=O) groups excluding carboxylic acids is 1. The maximum absolute atomic E-state index is 12.8. The Hall–Kier alpha value is -1.59. The van der Waals surface area contributed by atoms with E-state index < -0.39 is 5.41 Å². The van der Waals surface area contributed by atoms with Gasteiger partial charge in [0.25, 0.3) is 0 Å². The van der Waals surface area contributed by atoms with Crippen LogP contribution >= 0.6 is 0 Å². The molecule has 0 saturated carbocycles. The van der Waals surface area contributed by atoms with E-state index in [1.165, 1.54) is 0 Å². The van der Waals surface area contributed by atoms with Crippen LogP contribution in [0.5, 0.6) is 5.75 Å². The zero-order valence-corrected chi connectivity index (χ0v) is 13.6. The number of hydrogen-bond donors (Lipinski definition) is 2. The number of amides is 1. The lowest BCUT2D eigenvalue weighted by Crippen LogP contribution is -2.50. The van der Waals surface area contributed by atoms with E-state index in [-0.39, 0.29) is 11.9 Å². The topological polar surface area (TPSA) is 59.6 Å². The summed E-state index contributed by atoms with van der Waals surface area (Å²) < 4.78 is 10.7. The van der Waals surface area contributed by atoms with E-state index in [2.05, 4.69) is 10.6 Å². The molecule has 1 atom stereocenters. The van der Waals surface area contributed by atoms with Crippen molar-refractivity contribution in [1.29, 1.82) is 0 Å². The number of methoxy groups -OCH3 is 2. The van der Waals surface area contributed by atoms with Crippen LogP contribution in [0, 0.1) is 5.41 Å². The molecule has 1 amide bonds. The Kier molecular flexibility index (Phi) is 5.80. The molecule has 0 bridgehead atoms. The molecule has 22 heavy (non-hydrogen) atoms. The monoisotopic (exact) mass is 306 g/mol. The molecule has 1 unspecified atom stereocenters. The minimum absolute atomic E-state index is 0.0641. The molecule has 1 heterocycles. The number of benzene rings is 1. The van der Waals surface area contributed by atoms with Gasteiger partial charge in [0.2, 0.25) is 5.91 Å². The molecule has 1 fully saturated rings. The summed E-state index contributed by atoms with van der Waals surface area (Å²) >= 11 is 0. The number of piperidine rings is 1. The molecule has 0 aliphatic carbocycles. The summed E-state index contributed by atoms with van der Waals surface area (Å²) in [6, 6.07) is 7.67. The highest BCUT2D eigenvalue weighted by Gasteiger charge is 2.40. The van der Waals surface area contributed by atoms with Gasteiger partial charge in [-0.1, -0.05) is 18.2 Å². The molecule has 0 radical (unpaired) electrons. The largest absolute Gasteiger partial charge is 0.496 e. The minimum atomic E-state index is -0.434. The number of rotatable bonds is 6. The predicted octanol–water partition coefficient (Wildman–Crippen LogP) is 1.89. The smallest absolute Gasteiger partial charge is 0.229 e. The van der Waals surface area contributed by atoms with Crippen molar-refractivity contribution in [2.24, 2.45) is 5.41 Å². The van der Waals surface area contributed by atoms with Crippen LogP contribution in [0.15, 0.2) is 24.3 Å². The Morgan fingerprint density at radius 1 is 1.32 bits per heavy atom. The Balaban J connectivity index is 2.12. The molecule has 1 aliphatic rings. The third-order valence-corrected chi connectivity index (χ3v) is 4.42. The lowest BCUT2D eigenvalue weighted by atomic mass is 9.78. The van der Waals surface area contributed by atoms with Gasteiger partial charge >= 0.3 is 0 Å². The number of hydrogen-bond acceptors (Lipinski definition) is 4. The molecule has 1 aromatic rings. The Morgan fingerprint density at radius 2 is 2.00 bits per heavy atom. The van der Waals surface area contributed by atoms with E-state index >= 15 is 0 Å². The van der Waals surface area contributed by atoms with Gasteiger partial charge in [-0.25, -0.2) is 0 Å². The van der Waals surface area contributed by atoms with E-state index in [1.807, 2.05) is 31.2 Å². The van der Waals surface area contributed by atoms with Gasteiger partial charge < -0.3 is 20.1 Å².